The Bertz CT molecular complexity index is 608. The Kier molecular flexibility index (Phi) is 4.42. The molecule has 0 aliphatic carbocycles. The molecule has 2 rings (SSSR count). The number of ether oxygens (including phenoxy) is 1. The monoisotopic (exact) mass is 270 g/mol. The van der Waals surface area contributed by atoms with E-state index in [4.69, 9.17) is 10.6 Å². The van der Waals surface area contributed by atoms with Crippen LogP contribution in [-0.4, -0.2) is 7.11 Å². The maximum absolute atomic E-state index is 5.79. The van der Waals surface area contributed by atoms with E-state index in [-0.39, 0.29) is 6.04 Å². The molecule has 3 nitrogen and oxygen atoms in total. The lowest BCUT2D eigenvalue weighted by Crippen LogP contribution is -2.29. The molecule has 3 heteroatoms. The van der Waals surface area contributed by atoms with Gasteiger partial charge in [0.2, 0.25) is 0 Å². The van der Waals surface area contributed by atoms with Gasteiger partial charge in [-0.3, -0.25) is 5.84 Å². The molecule has 106 valence electrons. The van der Waals surface area contributed by atoms with Gasteiger partial charge in [-0.1, -0.05) is 35.9 Å². The molecular formula is C17H22N2O. The fourth-order valence-corrected chi connectivity index (χ4v) is 2.45. The average molecular weight is 270 g/mol. The Hall–Kier alpha value is -1.84. The number of rotatable bonds is 4. The van der Waals surface area contributed by atoms with Gasteiger partial charge in [0.15, 0.2) is 0 Å². The highest BCUT2D eigenvalue weighted by Crippen LogP contribution is 2.29. The van der Waals surface area contributed by atoms with Crippen molar-refractivity contribution in [3.63, 3.8) is 0 Å². The molecule has 0 spiro atoms. The van der Waals surface area contributed by atoms with Crippen LogP contribution in [0.4, 0.5) is 0 Å². The summed E-state index contributed by atoms with van der Waals surface area (Å²) in [5.41, 5.74) is 8.78. The lowest BCUT2D eigenvalue weighted by atomic mass is 9.93. The van der Waals surface area contributed by atoms with Gasteiger partial charge in [0.1, 0.15) is 5.75 Å². The number of hydrogen-bond donors (Lipinski definition) is 2. The molecule has 0 aliphatic rings. The van der Waals surface area contributed by atoms with Gasteiger partial charge < -0.3 is 4.74 Å². The number of aryl methyl sites for hydroxylation is 3. The minimum absolute atomic E-state index is 0.0376. The van der Waals surface area contributed by atoms with Crippen LogP contribution in [0.1, 0.15) is 33.9 Å². The van der Waals surface area contributed by atoms with E-state index in [9.17, 15) is 0 Å². The van der Waals surface area contributed by atoms with E-state index in [0.717, 1.165) is 16.9 Å². The summed E-state index contributed by atoms with van der Waals surface area (Å²) in [7, 11) is 1.69. The SMILES string of the molecule is COc1cc(C(NN)c2cc(C)ccc2C)ccc1C. The topological polar surface area (TPSA) is 47.3 Å². The molecule has 0 saturated heterocycles. The lowest BCUT2D eigenvalue weighted by Gasteiger charge is -2.21. The maximum Gasteiger partial charge on any atom is 0.122 e. The normalized spacial score (nSPS) is 12.2. The van der Waals surface area contributed by atoms with Crippen molar-refractivity contribution in [2.45, 2.75) is 26.8 Å². The van der Waals surface area contributed by atoms with Gasteiger partial charge in [0.05, 0.1) is 13.2 Å². The summed E-state index contributed by atoms with van der Waals surface area (Å²) in [6.45, 7) is 6.22. The van der Waals surface area contributed by atoms with Gasteiger partial charge in [-0.25, -0.2) is 5.43 Å². The van der Waals surface area contributed by atoms with Gasteiger partial charge in [0, 0.05) is 0 Å². The molecule has 20 heavy (non-hydrogen) atoms. The maximum atomic E-state index is 5.79. The van der Waals surface area contributed by atoms with Gasteiger partial charge in [-0.05, 0) is 49.1 Å². The van der Waals surface area contributed by atoms with Gasteiger partial charge in [0.25, 0.3) is 0 Å². The van der Waals surface area contributed by atoms with Crippen LogP contribution in [0, 0.1) is 20.8 Å². The highest BCUT2D eigenvalue weighted by atomic mass is 16.5. The summed E-state index contributed by atoms with van der Waals surface area (Å²) in [4.78, 5) is 0. The smallest absolute Gasteiger partial charge is 0.122 e. The van der Waals surface area contributed by atoms with Crippen LogP contribution in [0.3, 0.4) is 0 Å². The predicted octanol–water partition coefficient (Wildman–Crippen LogP) is 3.17. The third-order valence-electron chi connectivity index (χ3n) is 3.68. The zero-order valence-electron chi connectivity index (χ0n) is 12.5. The Balaban J connectivity index is 2.49. The Morgan fingerprint density at radius 2 is 1.70 bits per heavy atom. The number of nitrogens with one attached hydrogen (secondary N) is 1. The van der Waals surface area contributed by atoms with Crippen molar-refractivity contribution >= 4 is 0 Å². The van der Waals surface area contributed by atoms with Crippen molar-refractivity contribution in [3.8, 4) is 5.75 Å². The van der Waals surface area contributed by atoms with Crippen molar-refractivity contribution in [2.24, 2.45) is 5.84 Å². The lowest BCUT2D eigenvalue weighted by molar-refractivity contribution is 0.410. The van der Waals surface area contributed by atoms with Gasteiger partial charge in [-0.15, -0.1) is 0 Å². The summed E-state index contributed by atoms with van der Waals surface area (Å²) in [6.07, 6.45) is 0. The van der Waals surface area contributed by atoms with Crippen molar-refractivity contribution in [1.29, 1.82) is 0 Å². The highest BCUT2D eigenvalue weighted by Gasteiger charge is 2.16. The van der Waals surface area contributed by atoms with Crippen LogP contribution in [-0.2, 0) is 0 Å². The molecular weight excluding hydrogens is 248 g/mol. The van der Waals surface area contributed by atoms with Crippen LogP contribution in [0.15, 0.2) is 36.4 Å². The van der Waals surface area contributed by atoms with Gasteiger partial charge in [-0.2, -0.15) is 0 Å². The zero-order valence-corrected chi connectivity index (χ0v) is 12.5. The second-order valence-electron chi connectivity index (χ2n) is 5.19. The summed E-state index contributed by atoms with van der Waals surface area (Å²) >= 11 is 0. The van der Waals surface area contributed by atoms with E-state index in [1.54, 1.807) is 7.11 Å². The van der Waals surface area contributed by atoms with Crippen molar-refractivity contribution < 1.29 is 4.74 Å². The first-order valence-electron chi connectivity index (χ1n) is 6.74. The standard InChI is InChI=1S/C17H22N2O/c1-11-5-6-12(2)15(9-11)17(19-18)14-8-7-13(3)16(10-14)20-4/h5-10,17,19H,18H2,1-4H3. The Morgan fingerprint density at radius 1 is 1.00 bits per heavy atom. The van der Waals surface area contributed by atoms with E-state index in [1.165, 1.54) is 16.7 Å². The highest BCUT2D eigenvalue weighted by molar-refractivity contribution is 5.43. The number of hydrazine groups is 1. The molecule has 2 aromatic carbocycles. The molecule has 2 aromatic rings. The summed E-state index contributed by atoms with van der Waals surface area (Å²) in [6, 6.07) is 12.6. The van der Waals surface area contributed by atoms with E-state index in [2.05, 4.69) is 49.6 Å². The summed E-state index contributed by atoms with van der Waals surface area (Å²) in [5.74, 6) is 6.68. The van der Waals surface area contributed by atoms with E-state index in [1.807, 2.05) is 13.0 Å². The molecule has 3 N–H and O–H groups in total. The Morgan fingerprint density at radius 3 is 2.35 bits per heavy atom. The molecule has 0 aliphatic heterocycles. The molecule has 0 heterocycles. The molecule has 0 saturated carbocycles. The molecule has 1 atom stereocenters. The van der Waals surface area contributed by atoms with E-state index >= 15 is 0 Å². The molecule has 1 unspecified atom stereocenters. The van der Waals surface area contributed by atoms with Crippen LogP contribution < -0.4 is 16.0 Å². The number of nitrogens with two attached hydrogens (primary N) is 1. The van der Waals surface area contributed by atoms with Crippen molar-refractivity contribution in [1.82, 2.24) is 5.43 Å². The molecule has 0 fully saturated rings. The van der Waals surface area contributed by atoms with E-state index < -0.39 is 0 Å². The average Bonchev–Trinajstić information content (AvgIpc) is 2.45. The van der Waals surface area contributed by atoms with Crippen LogP contribution in [0.25, 0.3) is 0 Å². The third kappa shape index (κ3) is 2.84. The minimum atomic E-state index is -0.0376. The number of hydrogen-bond acceptors (Lipinski definition) is 3. The second-order valence-corrected chi connectivity index (χ2v) is 5.19. The quantitative estimate of drug-likeness (QED) is 0.662. The first kappa shape index (κ1) is 14.6. The van der Waals surface area contributed by atoms with Crippen molar-refractivity contribution in [3.05, 3.63) is 64.2 Å². The molecule has 0 bridgehead atoms. The zero-order chi connectivity index (χ0) is 14.7. The van der Waals surface area contributed by atoms with Crippen LogP contribution in [0.2, 0.25) is 0 Å². The first-order chi connectivity index (χ1) is 9.56. The number of benzene rings is 2. The minimum Gasteiger partial charge on any atom is -0.496 e. The molecule has 0 amide bonds. The molecule has 0 aromatic heterocycles. The van der Waals surface area contributed by atoms with E-state index in [0.29, 0.717) is 0 Å². The summed E-state index contributed by atoms with van der Waals surface area (Å²) in [5, 5.41) is 0. The third-order valence-corrected chi connectivity index (χ3v) is 3.68. The first-order valence-corrected chi connectivity index (χ1v) is 6.74. The van der Waals surface area contributed by atoms with Crippen LogP contribution in [0.5, 0.6) is 5.75 Å². The van der Waals surface area contributed by atoms with Crippen molar-refractivity contribution in [2.75, 3.05) is 7.11 Å². The molecule has 0 radical (unpaired) electrons. The number of methoxy groups -OCH3 is 1. The summed E-state index contributed by atoms with van der Waals surface area (Å²) < 4.78 is 5.40. The second kappa shape index (κ2) is 6.07. The van der Waals surface area contributed by atoms with Gasteiger partial charge >= 0.3 is 0 Å². The predicted molar refractivity (Wildman–Crippen MR) is 82.8 cm³/mol. The van der Waals surface area contributed by atoms with Crippen LogP contribution >= 0.6 is 0 Å². The Labute approximate surface area is 120 Å². The largest absolute Gasteiger partial charge is 0.496 e. The fraction of sp³-hybridized carbons (Fsp3) is 0.294. The fourth-order valence-electron chi connectivity index (χ4n) is 2.45.